The molecule has 0 saturated carbocycles. The predicted molar refractivity (Wildman–Crippen MR) is 75.2 cm³/mol. The minimum atomic E-state index is -0.0403. The Morgan fingerprint density at radius 3 is 3.00 bits per heavy atom. The van der Waals surface area contributed by atoms with E-state index in [0.29, 0.717) is 0 Å². The van der Waals surface area contributed by atoms with Crippen molar-refractivity contribution < 1.29 is 4.74 Å². The van der Waals surface area contributed by atoms with Crippen LogP contribution in [0.2, 0.25) is 0 Å². The lowest BCUT2D eigenvalue weighted by Crippen LogP contribution is -2.30. The standard InChI is InChI=1S/C14H16N2OS/c15-16-14(12-6-3-4-8-17-12)11-9-18-13-7-2-1-5-10(11)13/h1-2,5-7,9,14,16H,3-4,8,15H2. The fourth-order valence-electron chi connectivity index (χ4n) is 2.32. The molecular formula is C14H16N2OS. The van der Waals surface area contributed by atoms with Crippen molar-refractivity contribution in [3.05, 3.63) is 47.0 Å². The van der Waals surface area contributed by atoms with Crippen molar-refractivity contribution in [2.75, 3.05) is 6.61 Å². The molecular weight excluding hydrogens is 244 g/mol. The number of rotatable bonds is 3. The third kappa shape index (κ3) is 2.03. The van der Waals surface area contributed by atoms with E-state index in [2.05, 4.69) is 41.1 Å². The molecule has 0 saturated heterocycles. The van der Waals surface area contributed by atoms with E-state index in [1.54, 1.807) is 11.3 Å². The van der Waals surface area contributed by atoms with Gasteiger partial charge in [0, 0.05) is 4.70 Å². The van der Waals surface area contributed by atoms with Crippen molar-refractivity contribution in [1.82, 2.24) is 5.43 Å². The number of thiophene rings is 1. The average molecular weight is 260 g/mol. The summed E-state index contributed by atoms with van der Waals surface area (Å²) in [6, 6.07) is 8.34. The Morgan fingerprint density at radius 2 is 2.22 bits per heavy atom. The van der Waals surface area contributed by atoms with Crippen LogP contribution in [-0.2, 0) is 4.74 Å². The zero-order valence-corrected chi connectivity index (χ0v) is 10.9. The van der Waals surface area contributed by atoms with E-state index in [-0.39, 0.29) is 6.04 Å². The number of nitrogens with one attached hydrogen (secondary N) is 1. The molecule has 18 heavy (non-hydrogen) atoms. The molecule has 2 heterocycles. The highest BCUT2D eigenvalue weighted by atomic mass is 32.1. The first-order chi connectivity index (χ1) is 8.90. The Kier molecular flexibility index (Phi) is 3.32. The number of allylic oxidation sites excluding steroid dienone is 1. The molecule has 4 heteroatoms. The van der Waals surface area contributed by atoms with Crippen LogP contribution < -0.4 is 11.3 Å². The third-order valence-electron chi connectivity index (χ3n) is 3.24. The summed E-state index contributed by atoms with van der Waals surface area (Å²) in [5.74, 6) is 6.67. The topological polar surface area (TPSA) is 47.3 Å². The number of fused-ring (bicyclic) bond motifs is 1. The van der Waals surface area contributed by atoms with E-state index in [1.807, 2.05) is 0 Å². The van der Waals surface area contributed by atoms with Gasteiger partial charge in [-0.15, -0.1) is 11.3 Å². The second-order valence-corrected chi connectivity index (χ2v) is 5.30. The van der Waals surface area contributed by atoms with Crippen LogP contribution >= 0.6 is 11.3 Å². The van der Waals surface area contributed by atoms with Crippen molar-refractivity contribution in [3.63, 3.8) is 0 Å². The second-order valence-electron chi connectivity index (χ2n) is 4.38. The van der Waals surface area contributed by atoms with Crippen LogP contribution in [0.4, 0.5) is 0 Å². The molecule has 3 rings (SSSR count). The zero-order valence-electron chi connectivity index (χ0n) is 10.1. The van der Waals surface area contributed by atoms with Gasteiger partial charge in [0.05, 0.1) is 6.61 Å². The summed E-state index contributed by atoms with van der Waals surface area (Å²) < 4.78 is 7.01. The number of nitrogens with two attached hydrogens (primary N) is 1. The maximum Gasteiger partial charge on any atom is 0.115 e. The van der Waals surface area contributed by atoms with Gasteiger partial charge in [0.2, 0.25) is 0 Å². The van der Waals surface area contributed by atoms with Crippen molar-refractivity contribution in [1.29, 1.82) is 0 Å². The van der Waals surface area contributed by atoms with E-state index in [4.69, 9.17) is 10.6 Å². The molecule has 1 aromatic heterocycles. The van der Waals surface area contributed by atoms with Gasteiger partial charge < -0.3 is 4.74 Å². The summed E-state index contributed by atoms with van der Waals surface area (Å²) in [4.78, 5) is 0. The van der Waals surface area contributed by atoms with Gasteiger partial charge in [-0.05, 0) is 41.3 Å². The van der Waals surface area contributed by atoms with Crippen molar-refractivity contribution in [2.45, 2.75) is 18.9 Å². The Hall–Kier alpha value is -1.36. The average Bonchev–Trinajstić information content (AvgIpc) is 2.85. The molecule has 0 aliphatic carbocycles. The monoisotopic (exact) mass is 260 g/mol. The van der Waals surface area contributed by atoms with Gasteiger partial charge in [0.25, 0.3) is 0 Å². The fourth-order valence-corrected chi connectivity index (χ4v) is 3.31. The molecule has 1 unspecified atom stereocenters. The Morgan fingerprint density at radius 1 is 1.33 bits per heavy atom. The molecule has 0 spiro atoms. The van der Waals surface area contributed by atoms with Gasteiger partial charge in [-0.2, -0.15) is 0 Å². The van der Waals surface area contributed by atoms with Crippen LogP contribution in [-0.4, -0.2) is 6.61 Å². The van der Waals surface area contributed by atoms with Gasteiger partial charge in [0.15, 0.2) is 0 Å². The van der Waals surface area contributed by atoms with Crippen LogP contribution in [0.15, 0.2) is 41.5 Å². The van der Waals surface area contributed by atoms with Crippen molar-refractivity contribution >= 4 is 21.4 Å². The molecule has 0 fully saturated rings. The van der Waals surface area contributed by atoms with E-state index in [1.165, 1.54) is 15.6 Å². The molecule has 0 radical (unpaired) electrons. The van der Waals surface area contributed by atoms with Gasteiger partial charge in [-0.3, -0.25) is 5.84 Å². The summed E-state index contributed by atoms with van der Waals surface area (Å²) in [5, 5.41) is 3.41. The van der Waals surface area contributed by atoms with E-state index < -0.39 is 0 Å². The van der Waals surface area contributed by atoms with E-state index in [9.17, 15) is 0 Å². The number of ether oxygens (including phenoxy) is 1. The zero-order chi connectivity index (χ0) is 12.4. The summed E-state index contributed by atoms with van der Waals surface area (Å²) >= 11 is 1.74. The molecule has 1 atom stereocenters. The number of benzene rings is 1. The highest BCUT2D eigenvalue weighted by Crippen LogP contribution is 2.34. The SMILES string of the molecule is NNC(C1=CCCCO1)c1csc2ccccc12. The first kappa shape index (κ1) is 11.7. The van der Waals surface area contributed by atoms with Gasteiger partial charge in [0.1, 0.15) is 11.8 Å². The highest BCUT2D eigenvalue weighted by Gasteiger charge is 2.21. The third-order valence-corrected chi connectivity index (χ3v) is 4.22. The minimum absolute atomic E-state index is 0.0403. The predicted octanol–water partition coefficient (Wildman–Crippen LogP) is 3.10. The summed E-state index contributed by atoms with van der Waals surface area (Å²) in [5.41, 5.74) is 4.08. The van der Waals surface area contributed by atoms with Crippen LogP contribution in [0.1, 0.15) is 24.4 Å². The first-order valence-electron chi connectivity index (χ1n) is 6.15. The molecule has 1 aliphatic heterocycles. The van der Waals surface area contributed by atoms with E-state index >= 15 is 0 Å². The smallest absolute Gasteiger partial charge is 0.115 e. The maximum absolute atomic E-state index is 5.73. The van der Waals surface area contributed by atoms with Gasteiger partial charge in [-0.1, -0.05) is 18.2 Å². The Balaban J connectivity index is 2.03. The Labute approximate surface area is 110 Å². The molecule has 1 aliphatic rings. The second kappa shape index (κ2) is 5.10. The van der Waals surface area contributed by atoms with Crippen LogP contribution in [0.3, 0.4) is 0 Å². The van der Waals surface area contributed by atoms with Crippen molar-refractivity contribution in [2.24, 2.45) is 5.84 Å². The molecule has 2 aromatic rings. The normalized spacial score (nSPS) is 17.3. The Bertz CT molecular complexity index is 576. The molecule has 3 N–H and O–H groups in total. The maximum atomic E-state index is 5.73. The minimum Gasteiger partial charge on any atom is -0.496 e. The first-order valence-corrected chi connectivity index (χ1v) is 7.03. The number of hydrogen-bond donors (Lipinski definition) is 2. The van der Waals surface area contributed by atoms with Crippen LogP contribution in [0, 0.1) is 0 Å². The van der Waals surface area contributed by atoms with Crippen molar-refractivity contribution in [3.8, 4) is 0 Å². The lowest BCUT2D eigenvalue weighted by atomic mass is 10.0. The largest absolute Gasteiger partial charge is 0.496 e. The lowest BCUT2D eigenvalue weighted by molar-refractivity contribution is 0.168. The highest BCUT2D eigenvalue weighted by molar-refractivity contribution is 7.17. The number of hydrazine groups is 1. The molecule has 0 amide bonds. The summed E-state index contributed by atoms with van der Waals surface area (Å²) in [6.07, 6.45) is 4.29. The molecule has 0 bridgehead atoms. The van der Waals surface area contributed by atoms with Crippen LogP contribution in [0.25, 0.3) is 10.1 Å². The number of hydrogen-bond acceptors (Lipinski definition) is 4. The molecule has 3 nitrogen and oxygen atoms in total. The fraction of sp³-hybridized carbons (Fsp3) is 0.286. The molecule has 1 aromatic carbocycles. The lowest BCUT2D eigenvalue weighted by Gasteiger charge is -2.23. The summed E-state index contributed by atoms with van der Waals surface area (Å²) in [7, 11) is 0. The quantitative estimate of drug-likeness (QED) is 0.658. The molecule has 94 valence electrons. The van der Waals surface area contributed by atoms with Gasteiger partial charge >= 0.3 is 0 Å². The van der Waals surface area contributed by atoms with E-state index in [0.717, 1.165) is 25.2 Å². The van der Waals surface area contributed by atoms with Crippen LogP contribution in [0.5, 0.6) is 0 Å². The summed E-state index contributed by atoms with van der Waals surface area (Å²) in [6.45, 7) is 0.784. The van der Waals surface area contributed by atoms with Gasteiger partial charge in [-0.25, -0.2) is 5.43 Å².